The van der Waals surface area contributed by atoms with Crippen LogP contribution < -0.4 is 10.0 Å². The highest BCUT2D eigenvalue weighted by atomic mass is 32.2. The Bertz CT molecular complexity index is 523. The first-order valence-electron chi connectivity index (χ1n) is 6.84. The zero-order valence-corrected chi connectivity index (χ0v) is 12.7. The van der Waals surface area contributed by atoms with Gasteiger partial charge in [-0.1, -0.05) is 0 Å². The van der Waals surface area contributed by atoms with Gasteiger partial charge in [0.05, 0.1) is 18.8 Å². The second kappa shape index (κ2) is 6.66. The number of ether oxygens (including phenoxy) is 1. The number of rotatable bonds is 7. The second-order valence-electron chi connectivity index (χ2n) is 5.00. The number of aromatic nitrogens is 2. The molecule has 2 atom stereocenters. The molecule has 0 saturated carbocycles. The summed E-state index contributed by atoms with van der Waals surface area (Å²) >= 11 is 0. The van der Waals surface area contributed by atoms with E-state index < -0.39 is 10.0 Å². The lowest BCUT2D eigenvalue weighted by Gasteiger charge is -2.19. The molecular formula is C12H22N4O3S. The number of nitrogens with one attached hydrogen (secondary N) is 2. The molecule has 1 saturated heterocycles. The number of nitrogens with zero attached hydrogens (tertiary/aromatic N) is 2. The van der Waals surface area contributed by atoms with Crippen LogP contribution >= 0.6 is 0 Å². The van der Waals surface area contributed by atoms with Gasteiger partial charge in [0.25, 0.3) is 0 Å². The largest absolute Gasteiger partial charge is 0.377 e. The third-order valence-electron chi connectivity index (χ3n) is 3.37. The van der Waals surface area contributed by atoms with Crippen LogP contribution in [0.15, 0.2) is 17.3 Å². The molecule has 0 bridgehead atoms. The predicted molar refractivity (Wildman–Crippen MR) is 74.9 cm³/mol. The predicted octanol–water partition coefficient (Wildman–Crippen LogP) is -0.0517. The molecular weight excluding hydrogens is 280 g/mol. The molecule has 0 spiro atoms. The maximum Gasteiger partial charge on any atom is 0.244 e. The first-order valence-corrected chi connectivity index (χ1v) is 8.32. The highest BCUT2D eigenvalue weighted by Gasteiger charge is 2.27. The van der Waals surface area contributed by atoms with E-state index in [2.05, 4.69) is 15.1 Å². The standard InChI is InChI=1S/C12H22N4O3S/c1-10(12-4-3-7-19-12)15-20(17,18)11-8-14-16(9-11)6-5-13-2/h8-10,12-13,15H,3-7H2,1-2H3. The fraction of sp³-hybridized carbons (Fsp3) is 0.750. The van der Waals surface area contributed by atoms with E-state index in [-0.39, 0.29) is 17.0 Å². The molecule has 114 valence electrons. The lowest BCUT2D eigenvalue weighted by molar-refractivity contribution is 0.0902. The molecule has 0 amide bonds. The third kappa shape index (κ3) is 3.78. The normalized spacial score (nSPS) is 21.2. The highest BCUT2D eigenvalue weighted by Crippen LogP contribution is 2.17. The molecule has 2 heterocycles. The third-order valence-corrected chi connectivity index (χ3v) is 4.89. The molecule has 1 aliphatic rings. The van der Waals surface area contributed by atoms with E-state index in [0.717, 1.165) is 19.4 Å². The van der Waals surface area contributed by atoms with Crippen LogP contribution in [0.5, 0.6) is 0 Å². The van der Waals surface area contributed by atoms with E-state index in [4.69, 9.17) is 4.74 Å². The average Bonchev–Trinajstić information content (AvgIpc) is 3.07. The first kappa shape index (κ1) is 15.4. The van der Waals surface area contributed by atoms with E-state index in [1.807, 2.05) is 14.0 Å². The van der Waals surface area contributed by atoms with E-state index in [0.29, 0.717) is 13.2 Å². The molecule has 0 radical (unpaired) electrons. The Morgan fingerprint density at radius 2 is 2.40 bits per heavy atom. The van der Waals surface area contributed by atoms with Crippen molar-refractivity contribution in [1.82, 2.24) is 19.8 Å². The van der Waals surface area contributed by atoms with Crippen LogP contribution in [0.1, 0.15) is 19.8 Å². The summed E-state index contributed by atoms with van der Waals surface area (Å²) in [6.45, 7) is 3.91. The van der Waals surface area contributed by atoms with E-state index >= 15 is 0 Å². The molecule has 2 unspecified atom stereocenters. The van der Waals surface area contributed by atoms with Crippen molar-refractivity contribution in [2.75, 3.05) is 20.2 Å². The zero-order valence-electron chi connectivity index (χ0n) is 11.9. The minimum atomic E-state index is -3.53. The Morgan fingerprint density at radius 1 is 1.60 bits per heavy atom. The van der Waals surface area contributed by atoms with Crippen molar-refractivity contribution in [3.05, 3.63) is 12.4 Å². The van der Waals surface area contributed by atoms with Crippen molar-refractivity contribution in [1.29, 1.82) is 0 Å². The van der Waals surface area contributed by atoms with Gasteiger partial charge in [0.15, 0.2) is 0 Å². The molecule has 1 fully saturated rings. The maximum absolute atomic E-state index is 12.3. The number of hydrogen-bond donors (Lipinski definition) is 2. The molecule has 0 aromatic carbocycles. The summed E-state index contributed by atoms with van der Waals surface area (Å²) in [5.74, 6) is 0. The Morgan fingerprint density at radius 3 is 3.05 bits per heavy atom. The summed E-state index contributed by atoms with van der Waals surface area (Å²) in [6.07, 6.45) is 4.76. The molecule has 1 aromatic heterocycles. The number of sulfonamides is 1. The van der Waals surface area contributed by atoms with Crippen LogP contribution in [0.2, 0.25) is 0 Å². The zero-order chi connectivity index (χ0) is 14.6. The molecule has 8 heteroatoms. The summed E-state index contributed by atoms with van der Waals surface area (Å²) < 4.78 is 34.3. The number of hydrogen-bond acceptors (Lipinski definition) is 5. The fourth-order valence-electron chi connectivity index (χ4n) is 2.22. The van der Waals surface area contributed by atoms with Crippen LogP contribution in [-0.2, 0) is 21.3 Å². The van der Waals surface area contributed by atoms with Crippen LogP contribution in [-0.4, -0.2) is 50.5 Å². The molecule has 1 aliphatic heterocycles. The minimum absolute atomic E-state index is 0.0379. The quantitative estimate of drug-likeness (QED) is 0.737. The minimum Gasteiger partial charge on any atom is -0.377 e. The Balaban J connectivity index is 2.00. The summed E-state index contributed by atoms with van der Waals surface area (Å²) in [5, 5.41) is 7.04. The summed E-state index contributed by atoms with van der Waals surface area (Å²) in [4.78, 5) is 0.193. The molecule has 2 rings (SSSR count). The Labute approximate surface area is 119 Å². The SMILES string of the molecule is CNCCn1cc(S(=O)(=O)NC(C)C2CCCO2)cn1. The lowest BCUT2D eigenvalue weighted by Crippen LogP contribution is -2.40. The second-order valence-corrected chi connectivity index (χ2v) is 6.72. The molecule has 2 N–H and O–H groups in total. The van der Waals surface area contributed by atoms with Crippen molar-refractivity contribution in [3.8, 4) is 0 Å². The highest BCUT2D eigenvalue weighted by molar-refractivity contribution is 7.89. The van der Waals surface area contributed by atoms with Crippen molar-refractivity contribution in [3.63, 3.8) is 0 Å². The molecule has 7 nitrogen and oxygen atoms in total. The molecule has 1 aromatic rings. The van der Waals surface area contributed by atoms with Crippen molar-refractivity contribution in [2.45, 2.75) is 43.4 Å². The van der Waals surface area contributed by atoms with Crippen molar-refractivity contribution < 1.29 is 13.2 Å². The van der Waals surface area contributed by atoms with Gasteiger partial charge in [0, 0.05) is 25.4 Å². The van der Waals surface area contributed by atoms with Gasteiger partial charge < -0.3 is 10.1 Å². The maximum atomic E-state index is 12.3. The van der Waals surface area contributed by atoms with Gasteiger partial charge in [-0.15, -0.1) is 0 Å². The Hall–Kier alpha value is -0.960. The molecule has 0 aliphatic carbocycles. The fourth-order valence-corrected chi connectivity index (χ4v) is 3.44. The lowest BCUT2D eigenvalue weighted by atomic mass is 10.1. The van der Waals surface area contributed by atoms with Gasteiger partial charge >= 0.3 is 0 Å². The summed E-state index contributed by atoms with van der Waals surface area (Å²) in [7, 11) is -1.70. The Kier molecular flexibility index (Phi) is 5.14. The van der Waals surface area contributed by atoms with Crippen LogP contribution in [0.25, 0.3) is 0 Å². The number of likely N-dealkylation sites (N-methyl/N-ethyl adjacent to an activating group) is 1. The summed E-state index contributed by atoms with van der Waals surface area (Å²) in [6, 6.07) is -0.233. The van der Waals surface area contributed by atoms with Crippen molar-refractivity contribution in [2.24, 2.45) is 0 Å². The van der Waals surface area contributed by atoms with E-state index in [9.17, 15) is 8.42 Å². The van der Waals surface area contributed by atoms with Crippen molar-refractivity contribution >= 4 is 10.0 Å². The molecule has 20 heavy (non-hydrogen) atoms. The summed E-state index contributed by atoms with van der Waals surface area (Å²) in [5.41, 5.74) is 0. The van der Waals surface area contributed by atoms with Gasteiger partial charge in [-0.25, -0.2) is 13.1 Å². The van der Waals surface area contributed by atoms with Gasteiger partial charge in [0.1, 0.15) is 4.90 Å². The topological polar surface area (TPSA) is 85.2 Å². The van der Waals surface area contributed by atoms with Gasteiger partial charge in [-0.2, -0.15) is 5.10 Å². The van der Waals surface area contributed by atoms with E-state index in [1.165, 1.54) is 6.20 Å². The van der Waals surface area contributed by atoms with E-state index in [1.54, 1.807) is 10.9 Å². The van der Waals surface area contributed by atoms with Gasteiger partial charge in [0.2, 0.25) is 10.0 Å². The van der Waals surface area contributed by atoms with Gasteiger partial charge in [-0.3, -0.25) is 4.68 Å². The monoisotopic (exact) mass is 302 g/mol. The van der Waals surface area contributed by atoms with Gasteiger partial charge in [-0.05, 0) is 26.8 Å². The smallest absolute Gasteiger partial charge is 0.244 e. The van der Waals surface area contributed by atoms with Crippen LogP contribution in [0.3, 0.4) is 0 Å². The first-order chi connectivity index (χ1) is 9.53. The van der Waals surface area contributed by atoms with Crippen LogP contribution in [0.4, 0.5) is 0 Å². The average molecular weight is 302 g/mol. The van der Waals surface area contributed by atoms with Crippen LogP contribution in [0, 0.1) is 0 Å².